The van der Waals surface area contributed by atoms with E-state index in [-0.39, 0.29) is 17.2 Å². The predicted molar refractivity (Wildman–Crippen MR) is 54.7 cm³/mol. The van der Waals surface area contributed by atoms with Gasteiger partial charge in [0.15, 0.2) is 0 Å². The first-order valence-electron chi connectivity index (χ1n) is 3.92. The van der Waals surface area contributed by atoms with Crippen LogP contribution in [0.3, 0.4) is 0 Å². The molecule has 0 saturated heterocycles. The number of nitrogens with two attached hydrogens (primary N) is 1. The summed E-state index contributed by atoms with van der Waals surface area (Å²) in [6.07, 6.45) is 0. The van der Waals surface area contributed by atoms with E-state index in [0.717, 1.165) is 0 Å². The maximum absolute atomic E-state index is 11.4. The lowest BCUT2D eigenvalue weighted by Gasteiger charge is -2.06. The van der Waals surface area contributed by atoms with Gasteiger partial charge < -0.3 is 5.73 Å². The highest BCUT2D eigenvalue weighted by molar-refractivity contribution is 7.87. The van der Waals surface area contributed by atoms with Crippen LogP contribution >= 0.6 is 11.6 Å². The lowest BCUT2D eigenvalue weighted by Crippen LogP contribution is -2.08. The summed E-state index contributed by atoms with van der Waals surface area (Å²) in [7, 11) is -3.74. The molecule has 0 aliphatic heterocycles. The smallest absolute Gasteiger partial charge is 0.299 e. The van der Waals surface area contributed by atoms with Gasteiger partial charge in [0.25, 0.3) is 10.1 Å². The van der Waals surface area contributed by atoms with Crippen molar-refractivity contribution < 1.29 is 12.6 Å². The van der Waals surface area contributed by atoms with Gasteiger partial charge in [-0.25, -0.2) is 0 Å². The minimum absolute atomic E-state index is 0.0521. The molecule has 0 aliphatic rings. The summed E-state index contributed by atoms with van der Waals surface area (Å²) in [6.45, 7) is 1.66. The molecule has 0 fully saturated rings. The fraction of sp³-hybridized carbons (Fsp3) is 0.250. The number of hydrogen-bond donors (Lipinski definition) is 1. The molecule has 0 amide bonds. The summed E-state index contributed by atoms with van der Waals surface area (Å²) in [5.74, 6) is 0. The van der Waals surface area contributed by atoms with Crippen LogP contribution in [0.5, 0.6) is 0 Å². The summed E-state index contributed by atoms with van der Waals surface area (Å²) in [4.78, 5) is -0.0521. The van der Waals surface area contributed by atoms with Crippen LogP contribution in [0.15, 0.2) is 23.1 Å². The Balaban J connectivity index is 3.20. The van der Waals surface area contributed by atoms with Crippen molar-refractivity contribution in [2.24, 2.45) is 0 Å². The first-order valence-corrected chi connectivity index (χ1v) is 5.70. The van der Waals surface area contributed by atoms with Crippen LogP contribution in [0.25, 0.3) is 0 Å². The molecule has 0 bridgehead atoms. The second kappa shape index (κ2) is 4.16. The molecule has 0 aliphatic carbocycles. The summed E-state index contributed by atoms with van der Waals surface area (Å²) in [5.41, 5.74) is 5.58. The van der Waals surface area contributed by atoms with Gasteiger partial charge in [0.1, 0.15) is 4.90 Å². The van der Waals surface area contributed by atoms with Crippen molar-refractivity contribution in [3.63, 3.8) is 0 Å². The van der Waals surface area contributed by atoms with E-state index in [9.17, 15) is 8.42 Å². The molecule has 0 spiro atoms. The van der Waals surface area contributed by atoms with E-state index >= 15 is 0 Å². The zero-order valence-corrected chi connectivity index (χ0v) is 9.10. The van der Waals surface area contributed by atoms with Crippen LogP contribution in [-0.2, 0) is 14.3 Å². The first kappa shape index (κ1) is 11.3. The van der Waals surface area contributed by atoms with Crippen molar-refractivity contribution >= 4 is 27.4 Å². The fourth-order valence-electron chi connectivity index (χ4n) is 0.966. The quantitative estimate of drug-likeness (QED) is 0.639. The lowest BCUT2D eigenvalue weighted by atomic mass is 10.3. The Morgan fingerprint density at radius 1 is 1.50 bits per heavy atom. The molecule has 1 aromatic carbocycles. The Morgan fingerprint density at radius 2 is 2.14 bits per heavy atom. The molecule has 14 heavy (non-hydrogen) atoms. The van der Waals surface area contributed by atoms with Crippen molar-refractivity contribution in [2.75, 3.05) is 12.3 Å². The largest absolute Gasteiger partial charge is 0.398 e. The number of nitrogen functional groups attached to an aromatic ring is 1. The van der Waals surface area contributed by atoms with Gasteiger partial charge in [0.2, 0.25) is 0 Å². The minimum atomic E-state index is -3.74. The van der Waals surface area contributed by atoms with Gasteiger partial charge in [-0.15, -0.1) is 0 Å². The average Bonchev–Trinajstić information content (AvgIpc) is 2.02. The van der Waals surface area contributed by atoms with Gasteiger partial charge in [0, 0.05) is 5.02 Å². The van der Waals surface area contributed by atoms with Crippen LogP contribution in [0.1, 0.15) is 6.92 Å². The molecule has 1 aromatic rings. The van der Waals surface area contributed by atoms with Crippen molar-refractivity contribution in [3.05, 3.63) is 23.2 Å². The molecule has 6 heteroatoms. The summed E-state index contributed by atoms with van der Waals surface area (Å²) in [5, 5.41) is 0.387. The summed E-state index contributed by atoms with van der Waals surface area (Å²) in [6, 6.07) is 4.14. The second-order valence-electron chi connectivity index (χ2n) is 2.54. The maximum atomic E-state index is 11.4. The summed E-state index contributed by atoms with van der Waals surface area (Å²) < 4.78 is 27.4. The molecule has 0 heterocycles. The van der Waals surface area contributed by atoms with E-state index in [1.165, 1.54) is 18.2 Å². The van der Waals surface area contributed by atoms with E-state index in [4.69, 9.17) is 17.3 Å². The highest BCUT2D eigenvalue weighted by atomic mass is 35.5. The zero-order chi connectivity index (χ0) is 10.8. The third-order valence-electron chi connectivity index (χ3n) is 1.51. The number of hydrogen-bond acceptors (Lipinski definition) is 4. The van der Waals surface area contributed by atoms with E-state index in [1.54, 1.807) is 6.92 Å². The van der Waals surface area contributed by atoms with E-state index in [1.807, 2.05) is 0 Å². The Hall–Kier alpha value is -0.780. The van der Waals surface area contributed by atoms with E-state index in [0.29, 0.717) is 5.02 Å². The first-order chi connectivity index (χ1) is 6.47. The van der Waals surface area contributed by atoms with Crippen molar-refractivity contribution in [2.45, 2.75) is 11.8 Å². The molecule has 0 saturated carbocycles. The highest BCUT2D eigenvalue weighted by Crippen LogP contribution is 2.23. The summed E-state index contributed by atoms with van der Waals surface area (Å²) >= 11 is 5.63. The lowest BCUT2D eigenvalue weighted by molar-refractivity contribution is 0.338. The number of anilines is 1. The predicted octanol–water partition coefficient (Wildman–Crippen LogP) is 1.65. The van der Waals surface area contributed by atoms with Crippen LogP contribution in [-0.4, -0.2) is 15.0 Å². The van der Waals surface area contributed by atoms with Crippen LogP contribution in [0, 0.1) is 0 Å². The van der Waals surface area contributed by atoms with Crippen molar-refractivity contribution in [3.8, 4) is 0 Å². The Labute approximate surface area is 87.8 Å². The molecule has 0 radical (unpaired) electrons. The van der Waals surface area contributed by atoms with Crippen molar-refractivity contribution in [1.82, 2.24) is 0 Å². The Bertz CT molecular complexity index is 430. The van der Waals surface area contributed by atoms with Crippen molar-refractivity contribution in [1.29, 1.82) is 0 Å². The highest BCUT2D eigenvalue weighted by Gasteiger charge is 2.17. The van der Waals surface area contributed by atoms with Gasteiger partial charge >= 0.3 is 0 Å². The SMILES string of the molecule is CCOS(=O)(=O)c1ccc(Cl)cc1N. The number of rotatable bonds is 3. The van der Waals surface area contributed by atoms with Gasteiger partial charge in [-0.05, 0) is 25.1 Å². The minimum Gasteiger partial charge on any atom is -0.398 e. The molecule has 0 aromatic heterocycles. The molecular weight excluding hydrogens is 226 g/mol. The maximum Gasteiger partial charge on any atom is 0.299 e. The van der Waals surface area contributed by atoms with Gasteiger partial charge in [-0.2, -0.15) is 8.42 Å². The van der Waals surface area contributed by atoms with Crippen LogP contribution < -0.4 is 5.73 Å². The zero-order valence-electron chi connectivity index (χ0n) is 7.53. The van der Waals surface area contributed by atoms with Crippen LogP contribution in [0.2, 0.25) is 5.02 Å². The molecule has 78 valence electrons. The molecular formula is C8H10ClNO3S. The Kier molecular flexibility index (Phi) is 3.36. The molecule has 2 N–H and O–H groups in total. The standard InChI is InChI=1S/C8H10ClNO3S/c1-2-13-14(11,12)8-4-3-6(9)5-7(8)10/h3-5H,2,10H2,1H3. The third kappa shape index (κ3) is 2.37. The average molecular weight is 236 g/mol. The molecule has 0 atom stereocenters. The fourth-order valence-corrected chi connectivity index (χ4v) is 2.17. The number of benzene rings is 1. The van der Waals surface area contributed by atoms with Crippen LogP contribution in [0.4, 0.5) is 5.69 Å². The van der Waals surface area contributed by atoms with Gasteiger partial charge in [-0.1, -0.05) is 11.6 Å². The number of halogens is 1. The normalized spacial score (nSPS) is 11.6. The van der Waals surface area contributed by atoms with E-state index < -0.39 is 10.1 Å². The monoisotopic (exact) mass is 235 g/mol. The Morgan fingerprint density at radius 3 is 2.64 bits per heavy atom. The van der Waals surface area contributed by atoms with Gasteiger partial charge in [-0.3, -0.25) is 4.18 Å². The molecule has 0 unspecified atom stereocenters. The second-order valence-corrected chi connectivity index (χ2v) is 4.56. The van der Waals surface area contributed by atoms with E-state index in [2.05, 4.69) is 4.18 Å². The molecule has 1 rings (SSSR count). The third-order valence-corrected chi connectivity index (χ3v) is 3.21. The topological polar surface area (TPSA) is 69.4 Å². The van der Waals surface area contributed by atoms with Gasteiger partial charge in [0.05, 0.1) is 12.3 Å². The molecule has 4 nitrogen and oxygen atoms in total.